The molecule has 76 valence electrons. The van der Waals surface area contributed by atoms with Gasteiger partial charge in [-0.3, -0.25) is 9.89 Å². The zero-order chi connectivity index (χ0) is 10.7. The standard InChI is InChI=1S/C9H9N5O/c1-6-3-2-4-10-7(6)13-9(15)8-11-5-12-14-8/h2-5H,1H3,(H,10,13,15)(H,11,12,14). The van der Waals surface area contributed by atoms with E-state index in [0.29, 0.717) is 5.82 Å². The van der Waals surface area contributed by atoms with Gasteiger partial charge in [-0.1, -0.05) is 6.07 Å². The second-order valence-corrected chi connectivity index (χ2v) is 2.96. The SMILES string of the molecule is Cc1cccnc1NC(=O)c1ncn[nH]1. The van der Waals surface area contributed by atoms with Gasteiger partial charge in [-0.2, -0.15) is 5.10 Å². The Bertz CT molecular complexity index is 465. The van der Waals surface area contributed by atoms with Gasteiger partial charge in [0, 0.05) is 6.20 Å². The second kappa shape index (κ2) is 3.87. The van der Waals surface area contributed by atoms with E-state index in [1.165, 1.54) is 6.33 Å². The average molecular weight is 203 g/mol. The molecule has 0 fully saturated rings. The number of H-pyrrole nitrogens is 1. The number of aryl methyl sites for hydroxylation is 1. The van der Waals surface area contributed by atoms with Gasteiger partial charge in [-0.15, -0.1) is 0 Å². The second-order valence-electron chi connectivity index (χ2n) is 2.96. The first kappa shape index (κ1) is 9.32. The monoisotopic (exact) mass is 203 g/mol. The zero-order valence-corrected chi connectivity index (χ0v) is 8.06. The predicted octanol–water partition coefficient (Wildman–Crippen LogP) is 0.760. The Labute approximate surface area is 85.8 Å². The van der Waals surface area contributed by atoms with Crippen molar-refractivity contribution in [1.82, 2.24) is 20.2 Å². The van der Waals surface area contributed by atoms with E-state index in [0.717, 1.165) is 5.56 Å². The van der Waals surface area contributed by atoms with E-state index in [1.54, 1.807) is 12.3 Å². The largest absolute Gasteiger partial charge is 0.304 e. The van der Waals surface area contributed by atoms with Crippen LogP contribution < -0.4 is 5.32 Å². The number of aromatic nitrogens is 4. The van der Waals surface area contributed by atoms with E-state index in [-0.39, 0.29) is 11.7 Å². The van der Waals surface area contributed by atoms with Crippen molar-refractivity contribution in [2.75, 3.05) is 5.32 Å². The Morgan fingerprint density at radius 2 is 2.33 bits per heavy atom. The fraction of sp³-hybridized carbons (Fsp3) is 0.111. The van der Waals surface area contributed by atoms with Crippen molar-refractivity contribution in [3.8, 4) is 0 Å². The minimum atomic E-state index is -0.352. The van der Waals surface area contributed by atoms with Crippen LogP contribution in [0.2, 0.25) is 0 Å². The van der Waals surface area contributed by atoms with Crippen molar-refractivity contribution in [2.24, 2.45) is 0 Å². The van der Waals surface area contributed by atoms with Gasteiger partial charge in [0.2, 0.25) is 5.82 Å². The van der Waals surface area contributed by atoms with Crippen LogP contribution in [0.5, 0.6) is 0 Å². The van der Waals surface area contributed by atoms with Gasteiger partial charge >= 0.3 is 0 Å². The molecule has 0 saturated heterocycles. The molecule has 0 bridgehead atoms. The van der Waals surface area contributed by atoms with Gasteiger partial charge in [-0.25, -0.2) is 9.97 Å². The summed E-state index contributed by atoms with van der Waals surface area (Å²) < 4.78 is 0. The molecule has 0 radical (unpaired) electrons. The zero-order valence-electron chi connectivity index (χ0n) is 8.06. The number of hydrogen-bond acceptors (Lipinski definition) is 4. The first-order valence-corrected chi connectivity index (χ1v) is 4.35. The maximum absolute atomic E-state index is 11.5. The Morgan fingerprint density at radius 3 is 3.00 bits per heavy atom. The molecule has 0 aromatic carbocycles. The summed E-state index contributed by atoms with van der Waals surface area (Å²) in [6, 6.07) is 3.67. The molecule has 0 aliphatic heterocycles. The molecule has 1 amide bonds. The third-order valence-electron chi connectivity index (χ3n) is 1.87. The maximum atomic E-state index is 11.5. The number of aromatic amines is 1. The third-order valence-corrected chi connectivity index (χ3v) is 1.87. The highest BCUT2D eigenvalue weighted by Crippen LogP contribution is 2.09. The molecule has 2 aromatic rings. The van der Waals surface area contributed by atoms with Crippen molar-refractivity contribution in [2.45, 2.75) is 6.92 Å². The van der Waals surface area contributed by atoms with Crippen LogP contribution in [-0.2, 0) is 0 Å². The number of hydrogen-bond donors (Lipinski definition) is 2. The van der Waals surface area contributed by atoms with Crippen LogP contribution in [0.1, 0.15) is 16.2 Å². The first-order valence-electron chi connectivity index (χ1n) is 4.35. The Morgan fingerprint density at radius 1 is 1.47 bits per heavy atom. The van der Waals surface area contributed by atoms with E-state index in [1.807, 2.05) is 13.0 Å². The van der Waals surface area contributed by atoms with E-state index in [9.17, 15) is 4.79 Å². The molecule has 2 N–H and O–H groups in total. The molecule has 0 unspecified atom stereocenters. The summed E-state index contributed by atoms with van der Waals surface area (Å²) in [5.41, 5.74) is 0.894. The number of nitrogens with zero attached hydrogens (tertiary/aromatic N) is 3. The maximum Gasteiger partial charge on any atom is 0.294 e. The number of carbonyl (C=O) groups is 1. The quantitative estimate of drug-likeness (QED) is 0.754. The van der Waals surface area contributed by atoms with E-state index in [2.05, 4.69) is 25.5 Å². The lowest BCUT2D eigenvalue weighted by molar-refractivity contribution is 0.101. The third kappa shape index (κ3) is 1.98. The van der Waals surface area contributed by atoms with Crippen molar-refractivity contribution in [3.05, 3.63) is 36.0 Å². The smallest absolute Gasteiger partial charge is 0.294 e. The molecule has 0 aliphatic carbocycles. The lowest BCUT2D eigenvalue weighted by atomic mass is 10.3. The highest BCUT2D eigenvalue weighted by Gasteiger charge is 2.10. The summed E-state index contributed by atoms with van der Waals surface area (Å²) in [7, 11) is 0. The van der Waals surface area contributed by atoms with Crippen LogP contribution in [0.25, 0.3) is 0 Å². The number of carbonyl (C=O) groups excluding carboxylic acids is 1. The minimum Gasteiger partial charge on any atom is -0.304 e. The van der Waals surface area contributed by atoms with Gasteiger partial charge in [0.25, 0.3) is 5.91 Å². The summed E-state index contributed by atoms with van der Waals surface area (Å²) in [5, 5.41) is 8.69. The number of rotatable bonds is 2. The summed E-state index contributed by atoms with van der Waals surface area (Å²) in [6.45, 7) is 1.86. The molecule has 2 rings (SSSR count). The number of amides is 1. The summed E-state index contributed by atoms with van der Waals surface area (Å²) in [6.07, 6.45) is 2.89. The van der Waals surface area contributed by atoms with Crippen LogP contribution >= 0.6 is 0 Å². The summed E-state index contributed by atoms with van der Waals surface area (Å²) >= 11 is 0. The molecule has 15 heavy (non-hydrogen) atoms. The molecular weight excluding hydrogens is 194 g/mol. The molecule has 0 saturated carbocycles. The predicted molar refractivity (Wildman–Crippen MR) is 53.3 cm³/mol. The molecule has 0 spiro atoms. The molecular formula is C9H9N5O. The lowest BCUT2D eigenvalue weighted by Crippen LogP contribution is -2.15. The number of pyridine rings is 1. The van der Waals surface area contributed by atoms with Crippen LogP contribution in [-0.4, -0.2) is 26.1 Å². The fourth-order valence-corrected chi connectivity index (χ4v) is 1.10. The van der Waals surface area contributed by atoms with Gasteiger partial charge in [-0.05, 0) is 18.6 Å². The summed E-state index contributed by atoms with van der Waals surface area (Å²) in [4.78, 5) is 19.3. The summed E-state index contributed by atoms with van der Waals surface area (Å²) in [5.74, 6) is 0.341. The van der Waals surface area contributed by atoms with Gasteiger partial charge < -0.3 is 5.32 Å². The minimum absolute atomic E-state index is 0.167. The number of nitrogens with one attached hydrogen (secondary N) is 2. The lowest BCUT2D eigenvalue weighted by Gasteiger charge is -2.04. The number of anilines is 1. The van der Waals surface area contributed by atoms with Crippen LogP contribution in [0, 0.1) is 6.92 Å². The normalized spacial score (nSPS) is 9.93. The molecule has 0 atom stereocenters. The van der Waals surface area contributed by atoms with Gasteiger partial charge in [0.15, 0.2) is 0 Å². The van der Waals surface area contributed by atoms with E-state index >= 15 is 0 Å². The molecule has 6 nitrogen and oxygen atoms in total. The Kier molecular flexibility index (Phi) is 2.40. The fourth-order valence-electron chi connectivity index (χ4n) is 1.10. The topological polar surface area (TPSA) is 83.6 Å². The van der Waals surface area contributed by atoms with Crippen molar-refractivity contribution < 1.29 is 4.79 Å². The first-order chi connectivity index (χ1) is 7.27. The van der Waals surface area contributed by atoms with Crippen LogP contribution in [0.15, 0.2) is 24.7 Å². The Balaban J connectivity index is 2.17. The van der Waals surface area contributed by atoms with Gasteiger partial charge in [0.05, 0.1) is 0 Å². The van der Waals surface area contributed by atoms with Crippen molar-refractivity contribution in [1.29, 1.82) is 0 Å². The molecule has 6 heteroatoms. The molecule has 2 aromatic heterocycles. The molecule has 2 heterocycles. The van der Waals surface area contributed by atoms with E-state index in [4.69, 9.17) is 0 Å². The highest BCUT2D eigenvalue weighted by molar-refractivity contribution is 6.01. The van der Waals surface area contributed by atoms with Crippen molar-refractivity contribution >= 4 is 11.7 Å². The van der Waals surface area contributed by atoms with E-state index < -0.39 is 0 Å². The van der Waals surface area contributed by atoms with Gasteiger partial charge in [0.1, 0.15) is 12.1 Å². The average Bonchev–Trinajstić information content (AvgIpc) is 2.74. The molecule has 0 aliphatic rings. The van der Waals surface area contributed by atoms with Crippen molar-refractivity contribution in [3.63, 3.8) is 0 Å². The Hall–Kier alpha value is -2.24. The van der Waals surface area contributed by atoms with Crippen LogP contribution in [0.4, 0.5) is 5.82 Å². The highest BCUT2D eigenvalue weighted by atomic mass is 16.2. The van der Waals surface area contributed by atoms with Crippen LogP contribution in [0.3, 0.4) is 0 Å².